The van der Waals surface area contributed by atoms with Gasteiger partial charge in [-0.2, -0.15) is 0 Å². The summed E-state index contributed by atoms with van der Waals surface area (Å²) in [6.45, 7) is 3.03. The summed E-state index contributed by atoms with van der Waals surface area (Å²) < 4.78 is 10.0. The number of ether oxygens (including phenoxy) is 2. The third-order valence-corrected chi connectivity index (χ3v) is 4.94. The molecule has 2 N–H and O–H groups in total. The van der Waals surface area contributed by atoms with Gasteiger partial charge >= 0.3 is 11.9 Å². The molecular formula is C23H24Cl2N2O6. The summed E-state index contributed by atoms with van der Waals surface area (Å²) in [4.78, 5) is 47.6. The molecule has 0 aliphatic rings. The molecule has 0 radical (unpaired) electrons. The fraction of sp³-hybridized carbons (Fsp3) is 0.304. The lowest BCUT2D eigenvalue weighted by Crippen LogP contribution is -2.21. The van der Waals surface area contributed by atoms with Gasteiger partial charge in [0.15, 0.2) is 6.61 Å². The maximum atomic E-state index is 12.0. The van der Waals surface area contributed by atoms with Gasteiger partial charge < -0.3 is 20.1 Å². The first-order valence-electron chi connectivity index (χ1n) is 10.2. The monoisotopic (exact) mass is 494 g/mol. The molecule has 0 aliphatic carbocycles. The van der Waals surface area contributed by atoms with Crippen LogP contribution in [0.15, 0.2) is 42.5 Å². The first-order chi connectivity index (χ1) is 15.7. The van der Waals surface area contributed by atoms with E-state index in [4.69, 9.17) is 32.7 Å². The first-order valence-corrected chi connectivity index (χ1v) is 10.9. The Kier molecular flexibility index (Phi) is 10.2. The van der Waals surface area contributed by atoms with Crippen LogP contribution in [0.25, 0.3) is 0 Å². The highest BCUT2D eigenvalue weighted by Crippen LogP contribution is 2.29. The average Bonchev–Trinajstić information content (AvgIpc) is 2.75. The number of rotatable bonds is 10. The smallest absolute Gasteiger partial charge is 0.338 e. The van der Waals surface area contributed by atoms with Crippen LogP contribution in [-0.4, -0.2) is 36.5 Å². The van der Waals surface area contributed by atoms with Gasteiger partial charge in [0.05, 0.1) is 27.4 Å². The van der Waals surface area contributed by atoms with E-state index in [0.717, 1.165) is 0 Å². The number of halogens is 2. The van der Waals surface area contributed by atoms with E-state index in [2.05, 4.69) is 10.6 Å². The van der Waals surface area contributed by atoms with E-state index in [-0.39, 0.29) is 41.3 Å². The lowest BCUT2D eigenvalue weighted by molar-refractivity contribution is -0.147. The maximum absolute atomic E-state index is 12.0. The second kappa shape index (κ2) is 12.8. The molecule has 0 unspecified atom stereocenters. The zero-order valence-electron chi connectivity index (χ0n) is 18.2. The molecule has 0 fully saturated rings. The van der Waals surface area contributed by atoms with Crippen molar-refractivity contribution in [2.45, 2.75) is 39.2 Å². The van der Waals surface area contributed by atoms with Gasteiger partial charge in [-0.05, 0) is 56.7 Å². The Balaban J connectivity index is 1.67. The van der Waals surface area contributed by atoms with Crippen LogP contribution < -0.4 is 10.6 Å². The van der Waals surface area contributed by atoms with Crippen molar-refractivity contribution in [2.75, 3.05) is 17.2 Å². The molecule has 0 saturated heterocycles. The SMILES string of the molecule is CC(C)OC(=O)c1ccc(NC(=O)CCCC(=O)OCC(=O)Nc2cccc(Cl)c2Cl)cc1. The summed E-state index contributed by atoms with van der Waals surface area (Å²) in [5.41, 5.74) is 1.21. The van der Waals surface area contributed by atoms with Crippen LogP contribution in [0.5, 0.6) is 0 Å². The summed E-state index contributed by atoms with van der Waals surface area (Å²) in [5, 5.41) is 5.66. The fourth-order valence-electron chi connectivity index (χ4n) is 2.59. The number of benzene rings is 2. The van der Waals surface area contributed by atoms with Gasteiger partial charge in [-0.15, -0.1) is 0 Å². The third-order valence-electron chi connectivity index (χ3n) is 4.12. The van der Waals surface area contributed by atoms with Gasteiger partial charge in [0.25, 0.3) is 5.91 Å². The molecule has 10 heteroatoms. The predicted molar refractivity (Wildman–Crippen MR) is 126 cm³/mol. The number of esters is 2. The van der Waals surface area contributed by atoms with Crippen molar-refractivity contribution in [3.63, 3.8) is 0 Å². The lowest BCUT2D eigenvalue weighted by Gasteiger charge is -2.09. The van der Waals surface area contributed by atoms with Crippen LogP contribution in [0.2, 0.25) is 10.0 Å². The van der Waals surface area contributed by atoms with E-state index in [1.54, 1.807) is 56.3 Å². The number of carbonyl (C=O) groups is 4. The second-order valence-electron chi connectivity index (χ2n) is 7.24. The Morgan fingerprint density at radius 1 is 0.909 bits per heavy atom. The molecule has 2 aromatic rings. The van der Waals surface area contributed by atoms with E-state index >= 15 is 0 Å². The molecule has 0 heterocycles. The van der Waals surface area contributed by atoms with E-state index in [1.165, 1.54) is 0 Å². The van der Waals surface area contributed by atoms with Crippen LogP contribution in [0.4, 0.5) is 11.4 Å². The highest BCUT2D eigenvalue weighted by atomic mass is 35.5. The van der Waals surface area contributed by atoms with Gasteiger partial charge in [-0.25, -0.2) is 4.79 Å². The van der Waals surface area contributed by atoms with Crippen molar-refractivity contribution in [1.29, 1.82) is 0 Å². The highest BCUT2D eigenvalue weighted by molar-refractivity contribution is 6.44. The molecule has 0 atom stereocenters. The molecule has 2 rings (SSSR count). The molecule has 0 spiro atoms. The molecule has 0 aliphatic heterocycles. The Bertz CT molecular complexity index is 1010. The van der Waals surface area contributed by atoms with Crippen LogP contribution in [-0.2, 0) is 23.9 Å². The van der Waals surface area contributed by atoms with Crippen molar-refractivity contribution in [2.24, 2.45) is 0 Å². The van der Waals surface area contributed by atoms with Gasteiger partial charge in [0.2, 0.25) is 5.91 Å². The largest absolute Gasteiger partial charge is 0.459 e. The summed E-state index contributed by atoms with van der Waals surface area (Å²) in [6.07, 6.45) is 0.0693. The number of nitrogens with one attached hydrogen (secondary N) is 2. The highest BCUT2D eigenvalue weighted by Gasteiger charge is 2.13. The Labute approximate surface area is 201 Å². The number of hydrogen-bond acceptors (Lipinski definition) is 6. The second-order valence-corrected chi connectivity index (χ2v) is 8.03. The van der Waals surface area contributed by atoms with E-state index in [0.29, 0.717) is 16.9 Å². The third kappa shape index (κ3) is 9.11. The van der Waals surface area contributed by atoms with Crippen molar-refractivity contribution < 1.29 is 28.7 Å². The molecule has 2 aromatic carbocycles. The fourth-order valence-corrected chi connectivity index (χ4v) is 2.94. The Hall–Kier alpha value is -3.10. The number of hydrogen-bond donors (Lipinski definition) is 2. The number of anilines is 2. The standard InChI is InChI=1S/C23H24Cl2N2O6/c1-14(2)33-23(31)15-9-11-16(12-10-15)26-19(28)7-4-8-21(30)32-13-20(29)27-18-6-3-5-17(24)22(18)25/h3,5-6,9-12,14H,4,7-8,13H2,1-2H3,(H,26,28)(H,27,29). The average molecular weight is 495 g/mol. The zero-order valence-corrected chi connectivity index (χ0v) is 19.7. The minimum absolute atomic E-state index is 0.0292. The molecule has 0 bridgehead atoms. The summed E-state index contributed by atoms with van der Waals surface area (Å²) in [6, 6.07) is 11.1. The molecule has 0 saturated carbocycles. The van der Waals surface area contributed by atoms with Gasteiger partial charge in [0.1, 0.15) is 0 Å². The molecule has 0 aromatic heterocycles. The first kappa shape index (κ1) is 26.2. The predicted octanol–water partition coefficient (Wildman–Crippen LogP) is 4.85. The van der Waals surface area contributed by atoms with Crippen LogP contribution in [0, 0.1) is 0 Å². The normalized spacial score (nSPS) is 10.5. The summed E-state index contributed by atoms with van der Waals surface area (Å²) in [7, 11) is 0. The van der Waals surface area contributed by atoms with Crippen LogP contribution >= 0.6 is 23.2 Å². The van der Waals surface area contributed by atoms with Crippen molar-refractivity contribution >= 4 is 58.3 Å². The van der Waals surface area contributed by atoms with E-state index in [9.17, 15) is 19.2 Å². The molecular weight excluding hydrogens is 471 g/mol. The van der Waals surface area contributed by atoms with E-state index in [1.807, 2.05) is 0 Å². The van der Waals surface area contributed by atoms with Crippen molar-refractivity contribution in [3.05, 3.63) is 58.1 Å². The van der Waals surface area contributed by atoms with Crippen LogP contribution in [0.3, 0.4) is 0 Å². The van der Waals surface area contributed by atoms with E-state index < -0.39 is 24.5 Å². The molecule has 176 valence electrons. The minimum atomic E-state index is -0.608. The van der Waals surface area contributed by atoms with Crippen LogP contribution in [0.1, 0.15) is 43.5 Å². The summed E-state index contributed by atoms with van der Waals surface area (Å²) >= 11 is 11.9. The van der Waals surface area contributed by atoms with Gasteiger partial charge in [-0.3, -0.25) is 14.4 Å². The molecule has 8 nitrogen and oxygen atoms in total. The van der Waals surface area contributed by atoms with Gasteiger partial charge in [-0.1, -0.05) is 29.3 Å². The maximum Gasteiger partial charge on any atom is 0.338 e. The summed E-state index contributed by atoms with van der Waals surface area (Å²) in [5.74, 6) is -1.91. The quantitative estimate of drug-likeness (QED) is 0.456. The van der Waals surface area contributed by atoms with Crippen molar-refractivity contribution in [1.82, 2.24) is 0 Å². The Morgan fingerprint density at radius 3 is 2.27 bits per heavy atom. The van der Waals surface area contributed by atoms with Gasteiger partial charge in [0, 0.05) is 18.5 Å². The minimum Gasteiger partial charge on any atom is -0.459 e. The molecule has 2 amide bonds. The Morgan fingerprint density at radius 2 is 1.61 bits per heavy atom. The van der Waals surface area contributed by atoms with Crippen molar-refractivity contribution in [3.8, 4) is 0 Å². The lowest BCUT2D eigenvalue weighted by atomic mass is 10.2. The number of amides is 2. The topological polar surface area (TPSA) is 111 Å². The zero-order chi connectivity index (χ0) is 24.4. The number of carbonyl (C=O) groups excluding carboxylic acids is 4. The molecule has 33 heavy (non-hydrogen) atoms.